The quantitative estimate of drug-likeness (QED) is 0.367. The molecule has 1 amide bonds. The average Bonchev–Trinajstić information content (AvgIpc) is 3.26. The van der Waals surface area contributed by atoms with E-state index in [-0.39, 0.29) is 5.91 Å². The van der Waals surface area contributed by atoms with Crippen molar-refractivity contribution in [1.82, 2.24) is 14.9 Å². The van der Waals surface area contributed by atoms with Gasteiger partial charge in [-0.25, -0.2) is 0 Å². The normalized spacial score (nSPS) is 13.8. The number of rotatable bonds is 8. The Morgan fingerprint density at radius 1 is 1.09 bits per heavy atom. The number of nitrogens with zero attached hydrogens (tertiary/aromatic N) is 2. The smallest absolute Gasteiger partial charge is 0.222 e. The molecule has 182 valence electrons. The van der Waals surface area contributed by atoms with Gasteiger partial charge in [-0.15, -0.1) is 0 Å². The molecule has 8 nitrogen and oxygen atoms in total. The standard InChI is InChI=1S/C27H29N3O5/c1-18-14-19-15-20(5-6-22(19)29-18)35-24-7-8-28-23-17-26(25(32-2)16-21(23)24)34-11-3-4-27(31)30-9-12-33-13-10-30/h5-8,14-17,29H,3-4,9-13H2,1-2H3. The van der Waals surface area contributed by atoms with E-state index in [0.29, 0.717) is 63.0 Å². The largest absolute Gasteiger partial charge is 0.493 e. The van der Waals surface area contributed by atoms with Gasteiger partial charge < -0.3 is 28.8 Å². The van der Waals surface area contributed by atoms with E-state index in [1.165, 1.54) is 0 Å². The van der Waals surface area contributed by atoms with E-state index in [9.17, 15) is 4.79 Å². The monoisotopic (exact) mass is 475 g/mol. The number of H-pyrrole nitrogens is 1. The molecule has 1 aliphatic heterocycles. The van der Waals surface area contributed by atoms with Crippen LogP contribution in [0.3, 0.4) is 0 Å². The van der Waals surface area contributed by atoms with Gasteiger partial charge >= 0.3 is 0 Å². The molecule has 0 saturated carbocycles. The highest BCUT2D eigenvalue weighted by Crippen LogP contribution is 2.37. The molecule has 1 saturated heterocycles. The highest BCUT2D eigenvalue weighted by Gasteiger charge is 2.17. The molecule has 3 heterocycles. The van der Waals surface area contributed by atoms with Gasteiger partial charge in [0.25, 0.3) is 0 Å². The summed E-state index contributed by atoms with van der Waals surface area (Å²) in [6.45, 7) is 4.97. The zero-order chi connectivity index (χ0) is 24.2. The molecule has 1 N–H and O–H groups in total. The van der Waals surface area contributed by atoms with Gasteiger partial charge in [0.2, 0.25) is 5.91 Å². The summed E-state index contributed by atoms with van der Waals surface area (Å²) in [5, 5.41) is 1.92. The lowest BCUT2D eigenvalue weighted by molar-refractivity contribution is -0.135. The molecule has 35 heavy (non-hydrogen) atoms. The van der Waals surface area contributed by atoms with Crippen LogP contribution in [-0.2, 0) is 9.53 Å². The highest BCUT2D eigenvalue weighted by molar-refractivity contribution is 5.89. The van der Waals surface area contributed by atoms with E-state index >= 15 is 0 Å². The summed E-state index contributed by atoms with van der Waals surface area (Å²) in [7, 11) is 1.61. The molecular formula is C27H29N3O5. The second-order valence-electron chi connectivity index (χ2n) is 8.58. The fourth-order valence-corrected chi connectivity index (χ4v) is 4.31. The number of carbonyl (C=O) groups excluding carboxylic acids is 1. The number of amides is 1. The van der Waals surface area contributed by atoms with Crippen LogP contribution in [-0.4, -0.2) is 60.8 Å². The number of methoxy groups -OCH3 is 1. The number of carbonyl (C=O) groups is 1. The van der Waals surface area contributed by atoms with Crippen LogP contribution in [0.5, 0.6) is 23.0 Å². The van der Waals surface area contributed by atoms with E-state index < -0.39 is 0 Å². The lowest BCUT2D eigenvalue weighted by Gasteiger charge is -2.26. The molecule has 0 unspecified atom stereocenters. The minimum absolute atomic E-state index is 0.138. The first-order chi connectivity index (χ1) is 17.1. The van der Waals surface area contributed by atoms with Crippen LogP contribution in [0.1, 0.15) is 18.5 Å². The summed E-state index contributed by atoms with van der Waals surface area (Å²) in [6.07, 6.45) is 2.78. The number of ether oxygens (including phenoxy) is 4. The molecule has 4 aromatic rings. The number of aromatic amines is 1. The van der Waals surface area contributed by atoms with Crippen molar-refractivity contribution in [2.24, 2.45) is 0 Å². The van der Waals surface area contributed by atoms with Crippen molar-refractivity contribution in [3.8, 4) is 23.0 Å². The fraction of sp³-hybridized carbons (Fsp3) is 0.333. The summed E-state index contributed by atoms with van der Waals surface area (Å²) < 4.78 is 23.1. The Bertz CT molecular complexity index is 1340. The van der Waals surface area contributed by atoms with Gasteiger partial charge in [-0.3, -0.25) is 9.78 Å². The van der Waals surface area contributed by atoms with E-state index in [0.717, 1.165) is 33.2 Å². The number of pyridine rings is 1. The van der Waals surface area contributed by atoms with Crippen LogP contribution in [0, 0.1) is 6.92 Å². The van der Waals surface area contributed by atoms with Crippen LogP contribution in [0.25, 0.3) is 21.8 Å². The minimum atomic E-state index is 0.138. The molecular weight excluding hydrogens is 446 g/mol. The minimum Gasteiger partial charge on any atom is -0.493 e. The van der Waals surface area contributed by atoms with Crippen LogP contribution < -0.4 is 14.2 Å². The highest BCUT2D eigenvalue weighted by atomic mass is 16.5. The third-order valence-corrected chi connectivity index (χ3v) is 6.10. The Morgan fingerprint density at radius 3 is 2.77 bits per heavy atom. The lowest BCUT2D eigenvalue weighted by atomic mass is 10.1. The maximum absolute atomic E-state index is 12.3. The fourth-order valence-electron chi connectivity index (χ4n) is 4.31. The Labute approximate surface area is 203 Å². The molecule has 5 rings (SSSR count). The number of aryl methyl sites for hydroxylation is 1. The topological polar surface area (TPSA) is 85.9 Å². The van der Waals surface area contributed by atoms with Gasteiger partial charge in [0.05, 0.1) is 32.4 Å². The molecule has 8 heteroatoms. The van der Waals surface area contributed by atoms with Gasteiger partial charge in [0.15, 0.2) is 11.5 Å². The van der Waals surface area contributed by atoms with Crippen LogP contribution in [0.4, 0.5) is 0 Å². The molecule has 0 atom stereocenters. The van der Waals surface area contributed by atoms with Gasteiger partial charge in [-0.1, -0.05) is 0 Å². The molecule has 0 radical (unpaired) electrons. The Hall–Kier alpha value is -3.78. The first kappa shape index (κ1) is 23.0. The predicted octanol–water partition coefficient (Wildman–Crippen LogP) is 4.84. The van der Waals surface area contributed by atoms with Crippen LogP contribution in [0.2, 0.25) is 0 Å². The second kappa shape index (κ2) is 10.2. The molecule has 1 aliphatic rings. The van der Waals surface area contributed by atoms with Crippen LogP contribution in [0.15, 0.2) is 48.7 Å². The summed E-state index contributed by atoms with van der Waals surface area (Å²) >= 11 is 0. The average molecular weight is 476 g/mol. The maximum Gasteiger partial charge on any atom is 0.222 e. The second-order valence-corrected chi connectivity index (χ2v) is 8.58. The maximum atomic E-state index is 12.3. The van der Waals surface area contributed by atoms with E-state index in [4.69, 9.17) is 18.9 Å². The number of benzene rings is 2. The number of morpholine rings is 1. The molecule has 1 fully saturated rings. The van der Waals surface area contributed by atoms with Crippen molar-refractivity contribution in [3.63, 3.8) is 0 Å². The van der Waals surface area contributed by atoms with Gasteiger partial charge in [-0.05, 0) is 49.7 Å². The third-order valence-electron chi connectivity index (χ3n) is 6.10. The summed E-state index contributed by atoms with van der Waals surface area (Å²) in [6, 6.07) is 13.6. The Kier molecular flexibility index (Phi) is 6.72. The molecule has 2 aromatic carbocycles. The SMILES string of the molecule is COc1cc2c(Oc3ccc4[nH]c(C)cc4c3)ccnc2cc1OCCCC(=O)N1CCOCC1. The van der Waals surface area contributed by atoms with Gasteiger partial charge in [-0.2, -0.15) is 0 Å². The number of nitrogens with one attached hydrogen (secondary N) is 1. The van der Waals surface area contributed by atoms with Gasteiger partial charge in [0, 0.05) is 53.8 Å². The van der Waals surface area contributed by atoms with Crippen molar-refractivity contribution in [1.29, 1.82) is 0 Å². The summed E-state index contributed by atoms with van der Waals surface area (Å²) in [5.41, 5.74) is 2.92. The van der Waals surface area contributed by atoms with E-state index in [2.05, 4.69) is 16.0 Å². The Morgan fingerprint density at radius 2 is 1.94 bits per heavy atom. The lowest BCUT2D eigenvalue weighted by Crippen LogP contribution is -2.40. The molecule has 0 aliphatic carbocycles. The Balaban J connectivity index is 1.29. The van der Waals surface area contributed by atoms with Crippen molar-refractivity contribution < 1.29 is 23.7 Å². The van der Waals surface area contributed by atoms with E-state index in [1.807, 2.05) is 48.2 Å². The van der Waals surface area contributed by atoms with E-state index in [1.54, 1.807) is 13.3 Å². The van der Waals surface area contributed by atoms with Crippen molar-refractivity contribution >= 4 is 27.7 Å². The molecule has 0 bridgehead atoms. The number of hydrogen-bond donors (Lipinski definition) is 1. The number of hydrogen-bond acceptors (Lipinski definition) is 6. The van der Waals surface area contributed by atoms with Crippen molar-refractivity contribution in [3.05, 3.63) is 54.4 Å². The molecule has 0 spiro atoms. The number of fused-ring (bicyclic) bond motifs is 2. The first-order valence-corrected chi connectivity index (χ1v) is 11.8. The predicted molar refractivity (Wildman–Crippen MR) is 134 cm³/mol. The third kappa shape index (κ3) is 5.17. The zero-order valence-corrected chi connectivity index (χ0v) is 20.0. The molecule has 2 aromatic heterocycles. The number of aromatic nitrogens is 2. The van der Waals surface area contributed by atoms with Crippen LogP contribution >= 0.6 is 0 Å². The van der Waals surface area contributed by atoms with Crippen molar-refractivity contribution in [2.45, 2.75) is 19.8 Å². The van der Waals surface area contributed by atoms with Gasteiger partial charge in [0.1, 0.15) is 11.5 Å². The first-order valence-electron chi connectivity index (χ1n) is 11.8. The zero-order valence-electron chi connectivity index (χ0n) is 20.0. The summed E-state index contributed by atoms with van der Waals surface area (Å²) in [5.74, 6) is 2.74. The summed E-state index contributed by atoms with van der Waals surface area (Å²) in [4.78, 5) is 22.0. The van der Waals surface area contributed by atoms with Crippen molar-refractivity contribution in [2.75, 3.05) is 40.0 Å².